The standard InChI is InChI=1S/C13H27NO2/c1-4-13(6-5-7-13)14-8-12(15)10-16-9-11(2)3/h11-12,14-15H,4-10H2,1-3H3. The largest absolute Gasteiger partial charge is 0.389 e. The molecule has 0 radical (unpaired) electrons. The first-order chi connectivity index (χ1) is 7.58. The maximum absolute atomic E-state index is 9.75. The normalized spacial score (nSPS) is 20.8. The van der Waals surface area contributed by atoms with E-state index in [0.717, 1.165) is 13.0 Å². The van der Waals surface area contributed by atoms with Crippen molar-refractivity contribution in [2.24, 2.45) is 5.92 Å². The van der Waals surface area contributed by atoms with E-state index >= 15 is 0 Å². The first kappa shape index (κ1) is 13.9. The van der Waals surface area contributed by atoms with E-state index in [0.29, 0.717) is 24.6 Å². The van der Waals surface area contributed by atoms with E-state index in [-0.39, 0.29) is 6.10 Å². The van der Waals surface area contributed by atoms with E-state index in [1.54, 1.807) is 0 Å². The summed E-state index contributed by atoms with van der Waals surface area (Å²) in [6.07, 6.45) is 4.61. The Morgan fingerprint density at radius 2 is 2.00 bits per heavy atom. The highest BCUT2D eigenvalue weighted by Gasteiger charge is 2.34. The molecular formula is C13H27NO2. The lowest BCUT2D eigenvalue weighted by atomic mass is 9.75. The Labute approximate surface area is 99.6 Å². The summed E-state index contributed by atoms with van der Waals surface area (Å²) in [7, 11) is 0. The van der Waals surface area contributed by atoms with Crippen LogP contribution in [0.15, 0.2) is 0 Å². The predicted octanol–water partition coefficient (Wildman–Crippen LogP) is 1.94. The fourth-order valence-corrected chi connectivity index (χ4v) is 2.09. The summed E-state index contributed by atoms with van der Waals surface area (Å²) in [4.78, 5) is 0. The lowest BCUT2D eigenvalue weighted by molar-refractivity contribution is 0.0180. The van der Waals surface area contributed by atoms with Crippen molar-refractivity contribution >= 4 is 0 Å². The number of aliphatic hydroxyl groups excluding tert-OH is 1. The molecule has 0 spiro atoms. The summed E-state index contributed by atoms with van der Waals surface area (Å²) >= 11 is 0. The fourth-order valence-electron chi connectivity index (χ4n) is 2.09. The van der Waals surface area contributed by atoms with Crippen molar-refractivity contribution in [3.63, 3.8) is 0 Å². The lowest BCUT2D eigenvalue weighted by Crippen LogP contribution is -2.53. The Balaban J connectivity index is 2.07. The number of aliphatic hydroxyl groups is 1. The van der Waals surface area contributed by atoms with Crippen molar-refractivity contribution in [1.82, 2.24) is 5.32 Å². The molecule has 1 aliphatic rings. The van der Waals surface area contributed by atoms with Gasteiger partial charge in [-0.05, 0) is 31.6 Å². The zero-order valence-electron chi connectivity index (χ0n) is 11.0. The summed E-state index contributed by atoms with van der Waals surface area (Å²) in [5, 5.41) is 13.2. The molecule has 0 amide bonds. The van der Waals surface area contributed by atoms with Crippen molar-refractivity contribution in [2.45, 2.75) is 58.1 Å². The van der Waals surface area contributed by atoms with Crippen LogP contribution in [0, 0.1) is 5.92 Å². The zero-order chi connectivity index (χ0) is 12.0. The summed E-state index contributed by atoms with van der Waals surface area (Å²) in [5.74, 6) is 0.536. The minimum Gasteiger partial charge on any atom is -0.389 e. The average Bonchev–Trinajstić information content (AvgIpc) is 2.16. The minimum absolute atomic E-state index is 0.318. The van der Waals surface area contributed by atoms with Gasteiger partial charge in [-0.3, -0.25) is 0 Å². The topological polar surface area (TPSA) is 41.5 Å². The van der Waals surface area contributed by atoms with Gasteiger partial charge in [-0.25, -0.2) is 0 Å². The van der Waals surface area contributed by atoms with Gasteiger partial charge in [0.1, 0.15) is 0 Å². The molecule has 1 fully saturated rings. The van der Waals surface area contributed by atoms with Crippen LogP contribution >= 0.6 is 0 Å². The van der Waals surface area contributed by atoms with Gasteiger partial charge in [-0.1, -0.05) is 20.8 Å². The summed E-state index contributed by atoms with van der Waals surface area (Å²) in [5.41, 5.74) is 0.318. The molecule has 0 saturated heterocycles. The molecule has 1 atom stereocenters. The highest BCUT2D eigenvalue weighted by atomic mass is 16.5. The monoisotopic (exact) mass is 229 g/mol. The first-order valence-electron chi connectivity index (χ1n) is 6.59. The maximum Gasteiger partial charge on any atom is 0.0897 e. The van der Waals surface area contributed by atoms with Gasteiger partial charge in [0.15, 0.2) is 0 Å². The molecule has 3 heteroatoms. The number of β-amino-alcohol motifs (C(OH)–C–C–N with tert-alkyl or cyclic N) is 1. The van der Waals surface area contributed by atoms with Crippen LogP contribution in [0.1, 0.15) is 46.5 Å². The second-order valence-corrected chi connectivity index (χ2v) is 5.45. The van der Waals surface area contributed by atoms with Gasteiger partial charge < -0.3 is 15.2 Å². The molecule has 0 bridgehead atoms. The van der Waals surface area contributed by atoms with E-state index in [1.807, 2.05) is 0 Å². The van der Waals surface area contributed by atoms with Crippen LogP contribution in [0.2, 0.25) is 0 Å². The highest BCUT2D eigenvalue weighted by Crippen LogP contribution is 2.34. The molecule has 0 heterocycles. The molecule has 16 heavy (non-hydrogen) atoms. The third-order valence-corrected chi connectivity index (χ3v) is 3.46. The van der Waals surface area contributed by atoms with Crippen molar-refractivity contribution in [3.8, 4) is 0 Å². The van der Waals surface area contributed by atoms with Gasteiger partial charge in [-0.2, -0.15) is 0 Å². The lowest BCUT2D eigenvalue weighted by Gasteiger charge is -2.42. The Morgan fingerprint density at radius 1 is 1.31 bits per heavy atom. The van der Waals surface area contributed by atoms with Gasteiger partial charge in [-0.15, -0.1) is 0 Å². The van der Waals surface area contributed by atoms with Crippen LogP contribution < -0.4 is 5.32 Å². The van der Waals surface area contributed by atoms with E-state index in [1.165, 1.54) is 19.3 Å². The van der Waals surface area contributed by atoms with Crippen molar-refractivity contribution in [1.29, 1.82) is 0 Å². The molecule has 1 unspecified atom stereocenters. The van der Waals surface area contributed by atoms with Crippen molar-refractivity contribution < 1.29 is 9.84 Å². The van der Waals surface area contributed by atoms with Gasteiger partial charge in [0.05, 0.1) is 12.7 Å². The smallest absolute Gasteiger partial charge is 0.0897 e. The first-order valence-corrected chi connectivity index (χ1v) is 6.59. The Hall–Kier alpha value is -0.120. The Kier molecular flexibility index (Phi) is 5.73. The van der Waals surface area contributed by atoms with Gasteiger partial charge in [0.25, 0.3) is 0 Å². The molecule has 1 rings (SSSR count). The SMILES string of the molecule is CCC1(NCC(O)COCC(C)C)CCC1. The fraction of sp³-hybridized carbons (Fsp3) is 1.00. The number of rotatable bonds is 8. The second-order valence-electron chi connectivity index (χ2n) is 5.45. The number of ether oxygens (including phenoxy) is 1. The van der Waals surface area contributed by atoms with E-state index in [9.17, 15) is 5.11 Å². The average molecular weight is 229 g/mol. The quantitative estimate of drug-likeness (QED) is 0.668. The molecule has 1 aliphatic carbocycles. The number of hydrogen-bond donors (Lipinski definition) is 2. The molecule has 1 saturated carbocycles. The maximum atomic E-state index is 9.75. The van der Waals surface area contributed by atoms with Crippen molar-refractivity contribution in [3.05, 3.63) is 0 Å². The summed E-state index contributed by atoms with van der Waals surface area (Å²) in [6, 6.07) is 0. The van der Waals surface area contributed by atoms with Crippen LogP contribution in [0.5, 0.6) is 0 Å². The van der Waals surface area contributed by atoms with E-state index in [2.05, 4.69) is 26.1 Å². The number of hydrogen-bond acceptors (Lipinski definition) is 3. The second kappa shape index (κ2) is 6.58. The molecule has 96 valence electrons. The zero-order valence-corrected chi connectivity index (χ0v) is 11.0. The van der Waals surface area contributed by atoms with E-state index in [4.69, 9.17) is 4.74 Å². The molecule has 2 N–H and O–H groups in total. The molecule has 3 nitrogen and oxygen atoms in total. The van der Waals surface area contributed by atoms with E-state index < -0.39 is 0 Å². The Morgan fingerprint density at radius 3 is 2.44 bits per heavy atom. The van der Waals surface area contributed by atoms with Gasteiger partial charge in [0, 0.05) is 18.7 Å². The van der Waals surface area contributed by atoms with Gasteiger partial charge >= 0.3 is 0 Å². The molecular weight excluding hydrogens is 202 g/mol. The predicted molar refractivity (Wildman–Crippen MR) is 66.5 cm³/mol. The van der Waals surface area contributed by atoms with Crippen LogP contribution in [0.4, 0.5) is 0 Å². The molecule has 0 aliphatic heterocycles. The third-order valence-electron chi connectivity index (χ3n) is 3.46. The van der Waals surface area contributed by atoms with Crippen LogP contribution in [-0.4, -0.2) is 36.5 Å². The minimum atomic E-state index is -0.372. The third kappa shape index (κ3) is 4.40. The van der Waals surface area contributed by atoms with Crippen LogP contribution in [0.3, 0.4) is 0 Å². The highest BCUT2D eigenvalue weighted by molar-refractivity contribution is 4.94. The summed E-state index contributed by atoms with van der Waals surface area (Å²) in [6.45, 7) is 8.29. The molecule has 0 aromatic rings. The van der Waals surface area contributed by atoms with Crippen molar-refractivity contribution in [2.75, 3.05) is 19.8 Å². The Bertz CT molecular complexity index is 185. The van der Waals surface area contributed by atoms with Crippen LogP contribution in [0.25, 0.3) is 0 Å². The molecule has 0 aromatic heterocycles. The molecule has 0 aromatic carbocycles. The van der Waals surface area contributed by atoms with Crippen LogP contribution in [-0.2, 0) is 4.74 Å². The summed E-state index contributed by atoms with van der Waals surface area (Å²) < 4.78 is 5.42. The van der Waals surface area contributed by atoms with Gasteiger partial charge in [0.2, 0.25) is 0 Å². The number of nitrogens with one attached hydrogen (secondary N) is 1.